The highest BCUT2D eigenvalue weighted by atomic mass is 79.9. The molecule has 0 aliphatic heterocycles. The summed E-state index contributed by atoms with van der Waals surface area (Å²) in [5.41, 5.74) is 7.73. The lowest BCUT2D eigenvalue weighted by atomic mass is 10.0. The molecule has 3 nitrogen and oxygen atoms in total. The Labute approximate surface area is 92.0 Å². The van der Waals surface area contributed by atoms with E-state index in [9.17, 15) is 5.11 Å². The van der Waals surface area contributed by atoms with Crippen molar-refractivity contribution in [2.45, 2.75) is 19.9 Å². The molecule has 1 aromatic carbocycles. The van der Waals surface area contributed by atoms with Crippen molar-refractivity contribution < 1.29 is 9.84 Å². The van der Waals surface area contributed by atoms with Crippen LogP contribution in [-0.2, 0) is 0 Å². The maximum Gasteiger partial charge on any atom is 0.175 e. The Morgan fingerprint density at radius 2 is 2.14 bits per heavy atom. The van der Waals surface area contributed by atoms with Crippen LogP contribution in [-0.4, -0.2) is 12.2 Å². The van der Waals surface area contributed by atoms with Gasteiger partial charge in [-0.05, 0) is 47.0 Å². The Hall–Kier alpha value is -0.740. The molecule has 0 fully saturated rings. The smallest absolute Gasteiger partial charge is 0.175 e. The van der Waals surface area contributed by atoms with Gasteiger partial charge in [0.1, 0.15) is 0 Å². The van der Waals surface area contributed by atoms with Gasteiger partial charge in [0, 0.05) is 6.04 Å². The van der Waals surface area contributed by atoms with Crippen LogP contribution in [0.2, 0.25) is 0 Å². The molecule has 0 spiro atoms. The fourth-order valence-corrected chi connectivity index (χ4v) is 2.55. The van der Waals surface area contributed by atoms with E-state index in [1.807, 2.05) is 13.8 Å². The molecule has 4 heteroatoms. The molecule has 0 aromatic heterocycles. The molecule has 0 bridgehead atoms. The van der Waals surface area contributed by atoms with Crippen LogP contribution in [0.3, 0.4) is 0 Å². The summed E-state index contributed by atoms with van der Waals surface area (Å²) in [5, 5.41) is 9.58. The summed E-state index contributed by atoms with van der Waals surface area (Å²) in [6, 6.07) is 1.56. The maximum absolute atomic E-state index is 9.58. The van der Waals surface area contributed by atoms with Gasteiger partial charge in [-0.3, -0.25) is 0 Å². The standard InChI is InChI=1S/C10H14BrNO2/c1-5-4-7(13)10(14-3)9(11)8(5)6(2)12/h4,6,13H,12H2,1-3H3. The number of halogens is 1. The number of aryl methyl sites for hydroxylation is 1. The maximum atomic E-state index is 9.58. The number of methoxy groups -OCH3 is 1. The lowest BCUT2D eigenvalue weighted by Gasteiger charge is -2.16. The molecular formula is C10H14BrNO2. The van der Waals surface area contributed by atoms with Crippen LogP contribution in [0.5, 0.6) is 11.5 Å². The largest absolute Gasteiger partial charge is 0.504 e. The first-order valence-electron chi connectivity index (χ1n) is 4.30. The van der Waals surface area contributed by atoms with Crippen molar-refractivity contribution in [1.29, 1.82) is 0 Å². The van der Waals surface area contributed by atoms with Crippen LogP contribution in [0.4, 0.5) is 0 Å². The molecule has 0 saturated heterocycles. The zero-order valence-electron chi connectivity index (χ0n) is 8.47. The SMILES string of the molecule is COc1c(O)cc(C)c(C(C)N)c1Br. The average Bonchev–Trinajstić information content (AvgIpc) is 2.02. The third-order valence-electron chi connectivity index (χ3n) is 2.11. The van der Waals surface area contributed by atoms with Gasteiger partial charge in [-0.25, -0.2) is 0 Å². The molecule has 0 radical (unpaired) electrons. The normalized spacial score (nSPS) is 12.6. The zero-order chi connectivity index (χ0) is 10.9. The van der Waals surface area contributed by atoms with Crippen LogP contribution in [0.1, 0.15) is 24.1 Å². The molecule has 0 aliphatic carbocycles. The second-order valence-electron chi connectivity index (χ2n) is 3.26. The lowest BCUT2D eigenvalue weighted by Crippen LogP contribution is -2.08. The number of rotatable bonds is 2. The molecule has 0 heterocycles. The molecule has 0 saturated carbocycles. The Kier molecular flexibility index (Phi) is 3.39. The van der Waals surface area contributed by atoms with E-state index >= 15 is 0 Å². The molecule has 1 atom stereocenters. The monoisotopic (exact) mass is 259 g/mol. The summed E-state index contributed by atoms with van der Waals surface area (Å²) in [7, 11) is 1.51. The molecule has 3 N–H and O–H groups in total. The Morgan fingerprint density at radius 1 is 1.57 bits per heavy atom. The van der Waals surface area contributed by atoms with E-state index in [4.69, 9.17) is 10.5 Å². The summed E-state index contributed by atoms with van der Waals surface area (Å²) < 4.78 is 5.80. The molecule has 78 valence electrons. The first kappa shape index (κ1) is 11.3. The quantitative estimate of drug-likeness (QED) is 0.858. The zero-order valence-corrected chi connectivity index (χ0v) is 10.1. The molecule has 0 aliphatic rings. The lowest BCUT2D eigenvalue weighted by molar-refractivity contribution is 0.370. The van der Waals surface area contributed by atoms with E-state index in [1.165, 1.54) is 7.11 Å². The van der Waals surface area contributed by atoms with E-state index in [2.05, 4.69) is 15.9 Å². The van der Waals surface area contributed by atoms with Gasteiger partial charge in [0.15, 0.2) is 11.5 Å². The predicted molar refractivity (Wildman–Crippen MR) is 59.7 cm³/mol. The highest BCUT2D eigenvalue weighted by Gasteiger charge is 2.16. The summed E-state index contributed by atoms with van der Waals surface area (Å²) in [6.45, 7) is 3.80. The van der Waals surface area contributed by atoms with Gasteiger partial charge in [0.2, 0.25) is 0 Å². The molecule has 0 amide bonds. The van der Waals surface area contributed by atoms with Gasteiger partial charge in [0.25, 0.3) is 0 Å². The summed E-state index contributed by atoms with van der Waals surface area (Å²) in [5.74, 6) is 0.559. The Morgan fingerprint density at radius 3 is 2.57 bits per heavy atom. The van der Waals surface area contributed by atoms with Crippen LogP contribution in [0, 0.1) is 6.92 Å². The Bertz CT molecular complexity index is 350. The average molecular weight is 260 g/mol. The van der Waals surface area contributed by atoms with Crippen LogP contribution >= 0.6 is 15.9 Å². The van der Waals surface area contributed by atoms with Crippen LogP contribution in [0.25, 0.3) is 0 Å². The highest BCUT2D eigenvalue weighted by molar-refractivity contribution is 9.10. The molecule has 1 unspecified atom stereocenters. The number of aromatic hydroxyl groups is 1. The number of phenolic OH excluding ortho intramolecular Hbond substituents is 1. The van der Waals surface area contributed by atoms with Gasteiger partial charge in [-0.2, -0.15) is 0 Å². The molecule has 14 heavy (non-hydrogen) atoms. The number of hydrogen-bond acceptors (Lipinski definition) is 3. The van der Waals surface area contributed by atoms with Gasteiger partial charge < -0.3 is 15.6 Å². The van der Waals surface area contributed by atoms with Gasteiger partial charge in [-0.15, -0.1) is 0 Å². The van der Waals surface area contributed by atoms with Gasteiger partial charge in [0.05, 0.1) is 11.6 Å². The minimum Gasteiger partial charge on any atom is -0.504 e. The van der Waals surface area contributed by atoms with Crippen LogP contribution in [0.15, 0.2) is 10.5 Å². The minimum atomic E-state index is -0.0983. The van der Waals surface area contributed by atoms with Crippen molar-refractivity contribution in [3.8, 4) is 11.5 Å². The van der Waals surface area contributed by atoms with E-state index in [-0.39, 0.29) is 11.8 Å². The minimum absolute atomic E-state index is 0.0983. The second-order valence-corrected chi connectivity index (χ2v) is 4.06. The van der Waals surface area contributed by atoms with E-state index < -0.39 is 0 Å². The fraction of sp³-hybridized carbons (Fsp3) is 0.400. The molecule has 1 rings (SSSR count). The fourth-order valence-electron chi connectivity index (χ4n) is 1.51. The number of nitrogens with two attached hydrogens (primary N) is 1. The van der Waals surface area contributed by atoms with Crippen molar-refractivity contribution in [3.05, 3.63) is 21.7 Å². The van der Waals surface area contributed by atoms with Crippen molar-refractivity contribution in [1.82, 2.24) is 0 Å². The first-order valence-corrected chi connectivity index (χ1v) is 5.09. The Balaban J connectivity index is 3.44. The highest BCUT2D eigenvalue weighted by Crippen LogP contribution is 2.40. The number of phenols is 1. The summed E-state index contributed by atoms with van der Waals surface area (Å²) in [4.78, 5) is 0. The topological polar surface area (TPSA) is 55.5 Å². The van der Waals surface area contributed by atoms with Crippen molar-refractivity contribution >= 4 is 15.9 Å². The second kappa shape index (κ2) is 4.19. The summed E-state index contributed by atoms with van der Waals surface area (Å²) in [6.07, 6.45) is 0. The summed E-state index contributed by atoms with van der Waals surface area (Å²) >= 11 is 3.38. The van der Waals surface area contributed by atoms with E-state index in [1.54, 1.807) is 6.07 Å². The van der Waals surface area contributed by atoms with Gasteiger partial charge in [-0.1, -0.05) is 0 Å². The number of hydrogen-bond donors (Lipinski definition) is 2. The van der Waals surface area contributed by atoms with Crippen molar-refractivity contribution in [2.75, 3.05) is 7.11 Å². The third kappa shape index (κ3) is 1.86. The van der Waals surface area contributed by atoms with Crippen molar-refractivity contribution in [2.24, 2.45) is 5.73 Å². The van der Waals surface area contributed by atoms with E-state index in [0.29, 0.717) is 5.75 Å². The molecular weight excluding hydrogens is 246 g/mol. The van der Waals surface area contributed by atoms with Crippen molar-refractivity contribution in [3.63, 3.8) is 0 Å². The molecule has 1 aromatic rings. The number of benzene rings is 1. The van der Waals surface area contributed by atoms with Gasteiger partial charge >= 0.3 is 0 Å². The van der Waals surface area contributed by atoms with E-state index in [0.717, 1.165) is 15.6 Å². The third-order valence-corrected chi connectivity index (χ3v) is 2.89. The number of ether oxygens (including phenoxy) is 1. The predicted octanol–water partition coefficient (Wildman–Crippen LogP) is 2.49. The van der Waals surface area contributed by atoms with Crippen LogP contribution < -0.4 is 10.5 Å². The first-order chi connectivity index (χ1) is 6.49.